The summed E-state index contributed by atoms with van der Waals surface area (Å²) in [7, 11) is 0. The molecule has 0 aliphatic carbocycles. The van der Waals surface area contributed by atoms with Crippen LogP contribution in [-0.4, -0.2) is 23.7 Å². The highest BCUT2D eigenvalue weighted by Crippen LogP contribution is 2.24. The van der Waals surface area contributed by atoms with Gasteiger partial charge in [0.25, 0.3) is 0 Å². The van der Waals surface area contributed by atoms with Crippen molar-refractivity contribution in [1.29, 1.82) is 0 Å². The van der Waals surface area contributed by atoms with Crippen LogP contribution in [0.3, 0.4) is 0 Å². The minimum Gasteiger partial charge on any atom is -0.480 e. The molecule has 0 unspecified atom stereocenters. The number of benzene rings is 1. The van der Waals surface area contributed by atoms with Crippen molar-refractivity contribution in [1.82, 2.24) is 0 Å². The lowest BCUT2D eigenvalue weighted by molar-refractivity contribution is -0.139. The molecule has 3 nitrogen and oxygen atoms in total. The van der Waals surface area contributed by atoms with E-state index in [9.17, 15) is 4.79 Å². The van der Waals surface area contributed by atoms with Crippen LogP contribution < -0.4 is 4.90 Å². The average Bonchev–Trinajstić information content (AvgIpc) is 2.30. The first kappa shape index (κ1) is 10.0. The van der Waals surface area contributed by atoms with Gasteiger partial charge in [0.05, 0.1) is 0 Å². The zero-order valence-electron chi connectivity index (χ0n) is 8.60. The van der Waals surface area contributed by atoms with Crippen molar-refractivity contribution in [3.8, 4) is 0 Å². The lowest BCUT2D eigenvalue weighted by Gasteiger charge is -2.34. The molecular weight excluding hydrogens is 190 g/mol. The standard InChI is InChI=1S/C12H15NO2/c14-12(15)11-8-4-5-9-13(11)10-6-2-1-3-7-10/h1-3,6-7,11H,4-5,8-9H2,(H,14,15)/t11-/m1/s1. The fourth-order valence-electron chi connectivity index (χ4n) is 2.12. The van der Waals surface area contributed by atoms with Crippen LogP contribution in [0.25, 0.3) is 0 Å². The van der Waals surface area contributed by atoms with Gasteiger partial charge in [-0.3, -0.25) is 0 Å². The van der Waals surface area contributed by atoms with Crippen molar-refractivity contribution in [2.75, 3.05) is 11.4 Å². The number of hydrogen-bond acceptors (Lipinski definition) is 2. The van der Waals surface area contributed by atoms with Crippen LogP contribution >= 0.6 is 0 Å². The van der Waals surface area contributed by atoms with E-state index in [1.165, 1.54) is 0 Å². The van der Waals surface area contributed by atoms with Crippen LogP contribution in [-0.2, 0) is 4.79 Å². The van der Waals surface area contributed by atoms with Crippen LogP contribution in [0, 0.1) is 0 Å². The Morgan fingerprint density at radius 3 is 2.67 bits per heavy atom. The molecule has 80 valence electrons. The lowest BCUT2D eigenvalue weighted by Crippen LogP contribution is -2.44. The summed E-state index contributed by atoms with van der Waals surface area (Å²) >= 11 is 0. The second-order valence-corrected chi connectivity index (χ2v) is 3.88. The number of carboxylic acids is 1. The van der Waals surface area contributed by atoms with Crippen molar-refractivity contribution in [3.05, 3.63) is 30.3 Å². The maximum absolute atomic E-state index is 11.1. The molecule has 1 saturated heterocycles. The maximum Gasteiger partial charge on any atom is 0.326 e. The molecule has 1 aromatic rings. The Morgan fingerprint density at radius 1 is 1.27 bits per heavy atom. The van der Waals surface area contributed by atoms with Crippen molar-refractivity contribution < 1.29 is 9.90 Å². The molecule has 1 atom stereocenters. The Hall–Kier alpha value is -1.51. The molecule has 0 spiro atoms. The second-order valence-electron chi connectivity index (χ2n) is 3.88. The third-order valence-corrected chi connectivity index (χ3v) is 2.88. The van der Waals surface area contributed by atoms with Crippen LogP contribution in [0.5, 0.6) is 0 Å². The van der Waals surface area contributed by atoms with Gasteiger partial charge in [0, 0.05) is 12.2 Å². The van der Waals surface area contributed by atoms with Crippen molar-refractivity contribution in [2.24, 2.45) is 0 Å². The average molecular weight is 205 g/mol. The molecule has 0 bridgehead atoms. The van der Waals surface area contributed by atoms with E-state index in [-0.39, 0.29) is 6.04 Å². The highest BCUT2D eigenvalue weighted by Gasteiger charge is 2.28. The number of hydrogen-bond donors (Lipinski definition) is 1. The molecule has 0 aromatic heterocycles. The van der Waals surface area contributed by atoms with E-state index in [2.05, 4.69) is 0 Å². The summed E-state index contributed by atoms with van der Waals surface area (Å²) in [4.78, 5) is 13.1. The van der Waals surface area contributed by atoms with Gasteiger partial charge in [0.15, 0.2) is 0 Å². The number of carboxylic acid groups (broad SMARTS) is 1. The van der Waals surface area contributed by atoms with Crippen LogP contribution in [0.15, 0.2) is 30.3 Å². The zero-order chi connectivity index (χ0) is 10.7. The van der Waals surface area contributed by atoms with Gasteiger partial charge in [-0.15, -0.1) is 0 Å². The van der Waals surface area contributed by atoms with E-state index in [0.717, 1.165) is 31.5 Å². The van der Waals surface area contributed by atoms with Gasteiger partial charge in [-0.1, -0.05) is 18.2 Å². The number of para-hydroxylation sites is 1. The maximum atomic E-state index is 11.1. The zero-order valence-corrected chi connectivity index (χ0v) is 8.60. The molecule has 15 heavy (non-hydrogen) atoms. The minimum atomic E-state index is -0.710. The normalized spacial score (nSPS) is 21.3. The molecule has 0 amide bonds. The van der Waals surface area contributed by atoms with E-state index < -0.39 is 5.97 Å². The molecular formula is C12H15NO2. The number of nitrogens with zero attached hydrogens (tertiary/aromatic N) is 1. The molecule has 1 aliphatic heterocycles. The summed E-state index contributed by atoms with van der Waals surface area (Å²) in [6.07, 6.45) is 2.85. The first-order chi connectivity index (χ1) is 7.29. The van der Waals surface area contributed by atoms with Gasteiger partial charge in [0.1, 0.15) is 6.04 Å². The molecule has 0 radical (unpaired) electrons. The van der Waals surface area contributed by atoms with Crippen molar-refractivity contribution in [2.45, 2.75) is 25.3 Å². The van der Waals surface area contributed by atoms with Crippen LogP contribution in [0.4, 0.5) is 5.69 Å². The molecule has 2 rings (SSSR count). The summed E-state index contributed by atoms with van der Waals surface area (Å²) in [5, 5.41) is 9.13. The fraction of sp³-hybridized carbons (Fsp3) is 0.417. The third-order valence-electron chi connectivity index (χ3n) is 2.88. The molecule has 1 aromatic carbocycles. The Labute approximate surface area is 89.3 Å². The monoisotopic (exact) mass is 205 g/mol. The second kappa shape index (κ2) is 4.34. The fourth-order valence-corrected chi connectivity index (χ4v) is 2.12. The quantitative estimate of drug-likeness (QED) is 0.804. The number of carbonyl (C=O) groups is 1. The third kappa shape index (κ3) is 2.12. The summed E-state index contributed by atoms with van der Waals surface area (Å²) in [6, 6.07) is 9.44. The Balaban J connectivity index is 2.22. The number of piperidine rings is 1. The highest BCUT2D eigenvalue weighted by molar-refractivity contribution is 5.78. The van der Waals surface area contributed by atoms with Gasteiger partial charge >= 0.3 is 5.97 Å². The summed E-state index contributed by atoms with van der Waals surface area (Å²) in [5.41, 5.74) is 1.02. The molecule has 3 heteroatoms. The number of rotatable bonds is 2. The van der Waals surface area contributed by atoms with Gasteiger partial charge in [-0.2, -0.15) is 0 Å². The van der Waals surface area contributed by atoms with Gasteiger partial charge in [-0.05, 0) is 31.4 Å². The van der Waals surface area contributed by atoms with E-state index in [1.807, 2.05) is 35.2 Å². The van der Waals surface area contributed by atoms with Crippen LogP contribution in [0.2, 0.25) is 0 Å². The molecule has 1 heterocycles. The summed E-state index contributed by atoms with van der Waals surface area (Å²) in [5.74, 6) is -0.710. The SMILES string of the molecule is O=C(O)[C@H]1CCCCN1c1ccccc1. The molecule has 1 aliphatic rings. The largest absolute Gasteiger partial charge is 0.480 e. The summed E-state index contributed by atoms with van der Waals surface area (Å²) in [6.45, 7) is 0.848. The Morgan fingerprint density at radius 2 is 2.00 bits per heavy atom. The first-order valence-electron chi connectivity index (χ1n) is 5.33. The van der Waals surface area contributed by atoms with E-state index in [0.29, 0.717) is 0 Å². The van der Waals surface area contributed by atoms with Crippen molar-refractivity contribution in [3.63, 3.8) is 0 Å². The van der Waals surface area contributed by atoms with Gasteiger partial charge < -0.3 is 10.0 Å². The van der Waals surface area contributed by atoms with Gasteiger partial charge in [0.2, 0.25) is 0 Å². The van der Waals surface area contributed by atoms with E-state index in [4.69, 9.17) is 5.11 Å². The molecule has 1 N–H and O–H groups in total. The number of aliphatic carboxylic acids is 1. The number of anilines is 1. The molecule has 0 saturated carbocycles. The Bertz CT molecular complexity index is 337. The Kier molecular flexibility index (Phi) is 2.90. The van der Waals surface area contributed by atoms with E-state index in [1.54, 1.807) is 0 Å². The minimum absolute atomic E-state index is 0.346. The summed E-state index contributed by atoms with van der Waals surface area (Å²) < 4.78 is 0. The lowest BCUT2D eigenvalue weighted by atomic mass is 10.0. The van der Waals surface area contributed by atoms with Crippen molar-refractivity contribution >= 4 is 11.7 Å². The van der Waals surface area contributed by atoms with Crippen LogP contribution in [0.1, 0.15) is 19.3 Å². The van der Waals surface area contributed by atoms with Gasteiger partial charge in [-0.25, -0.2) is 4.79 Å². The molecule has 1 fully saturated rings. The predicted molar refractivity (Wildman–Crippen MR) is 59.1 cm³/mol. The first-order valence-corrected chi connectivity index (χ1v) is 5.33. The highest BCUT2D eigenvalue weighted by atomic mass is 16.4. The van der Waals surface area contributed by atoms with E-state index >= 15 is 0 Å². The predicted octanol–water partition coefficient (Wildman–Crippen LogP) is 2.13. The smallest absolute Gasteiger partial charge is 0.326 e. The topological polar surface area (TPSA) is 40.5 Å².